The van der Waals surface area contributed by atoms with E-state index in [9.17, 15) is 10.1 Å². The molecule has 0 spiro atoms. The molecule has 3 rings (SSSR count). The fraction of sp³-hybridized carbons (Fsp3) is 0.278. The average Bonchev–Trinajstić information content (AvgIpc) is 3.12. The molecule has 0 aliphatic carbocycles. The van der Waals surface area contributed by atoms with Crippen molar-refractivity contribution < 1.29 is 14.4 Å². The van der Waals surface area contributed by atoms with Crippen LogP contribution in [0.2, 0.25) is 0 Å². The predicted molar refractivity (Wildman–Crippen MR) is 113 cm³/mol. The van der Waals surface area contributed by atoms with Gasteiger partial charge in [-0.25, -0.2) is 0 Å². The number of rotatable bonds is 6. The van der Waals surface area contributed by atoms with E-state index in [1.807, 2.05) is 18.2 Å². The van der Waals surface area contributed by atoms with Gasteiger partial charge in [0.1, 0.15) is 0 Å². The van der Waals surface area contributed by atoms with Crippen LogP contribution in [-0.4, -0.2) is 31.3 Å². The lowest BCUT2D eigenvalue weighted by Crippen LogP contribution is -2.37. The number of nitro benzene ring substituents is 1. The fourth-order valence-corrected chi connectivity index (χ4v) is 2.66. The van der Waals surface area contributed by atoms with Crippen molar-refractivity contribution in [1.82, 2.24) is 10.6 Å². The molecule has 0 radical (unpaired) electrons. The Morgan fingerprint density at radius 3 is 2.74 bits per heavy atom. The van der Waals surface area contributed by atoms with Crippen LogP contribution in [0.25, 0.3) is 0 Å². The highest BCUT2D eigenvalue weighted by atomic mass is 127. The number of ether oxygens (including phenoxy) is 2. The Labute approximate surface area is 174 Å². The Bertz CT molecular complexity index is 829. The summed E-state index contributed by atoms with van der Waals surface area (Å²) in [6.07, 6.45) is 0.781. The van der Waals surface area contributed by atoms with Gasteiger partial charge in [0.25, 0.3) is 5.69 Å². The van der Waals surface area contributed by atoms with E-state index in [4.69, 9.17) is 9.47 Å². The number of guanidine groups is 1. The summed E-state index contributed by atoms with van der Waals surface area (Å²) in [7, 11) is 1.66. The molecule has 0 saturated heterocycles. The maximum absolute atomic E-state index is 11.1. The zero-order valence-electron chi connectivity index (χ0n) is 14.8. The van der Waals surface area contributed by atoms with Gasteiger partial charge < -0.3 is 20.1 Å². The normalized spacial score (nSPS) is 12.3. The molecule has 2 N–H and O–H groups in total. The lowest BCUT2D eigenvalue weighted by molar-refractivity contribution is -0.385. The summed E-state index contributed by atoms with van der Waals surface area (Å²) >= 11 is 0. The number of hydrogen-bond donors (Lipinski definition) is 2. The maximum Gasteiger partial charge on any atom is 0.274 e. The van der Waals surface area contributed by atoms with Gasteiger partial charge in [0, 0.05) is 31.8 Å². The Hall–Kier alpha value is -2.56. The van der Waals surface area contributed by atoms with Crippen LogP contribution < -0.4 is 20.1 Å². The summed E-state index contributed by atoms with van der Waals surface area (Å²) in [4.78, 5) is 14.8. The van der Waals surface area contributed by atoms with Gasteiger partial charge in [-0.2, -0.15) is 0 Å². The SMILES string of the molecule is CN=C(NCCc1ccc2c(c1)OCO2)NCc1ccccc1[N+](=O)[O-].I. The summed E-state index contributed by atoms with van der Waals surface area (Å²) in [6, 6.07) is 12.5. The lowest BCUT2D eigenvalue weighted by Gasteiger charge is -2.12. The number of benzene rings is 2. The molecular weight excluding hydrogens is 463 g/mol. The molecule has 1 aliphatic rings. The third-order valence-corrected chi connectivity index (χ3v) is 4.00. The van der Waals surface area contributed by atoms with Crippen LogP contribution in [0.15, 0.2) is 47.5 Å². The third-order valence-electron chi connectivity index (χ3n) is 4.00. The van der Waals surface area contributed by atoms with Crippen LogP contribution in [-0.2, 0) is 13.0 Å². The van der Waals surface area contributed by atoms with Crippen LogP contribution in [0.5, 0.6) is 11.5 Å². The van der Waals surface area contributed by atoms with E-state index in [2.05, 4.69) is 15.6 Å². The predicted octanol–water partition coefficient (Wildman–Crippen LogP) is 2.85. The number of para-hydroxylation sites is 1. The van der Waals surface area contributed by atoms with E-state index in [-0.39, 0.29) is 41.4 Å². The lowest BCUT2D eigenvalue weighted by atomic mass is 10.1. The molecule has 1 aliphatic heterocycles. The Morgan fingerprint density at radius 1 is 1.19 bits per heavy atom. The molecule has 0 unspecified atom stereocenters. The second-order valence-electron chi connectivity index (χ2n) is 5.68. The van der Waals surface area contributed by atoms with Crippen LogP contribution in [0.4, 0.5) is 5.69 Å². The zero-order valence-corrected chi connectivity index (χ0v) is 17.1. The monoisotopic (exact) mass is 484 g/mol. The van der Waals surface area contributed by atoms with Gasteiger partial charge in [-0.05, 0) is 24.1 Å². The van der Waals surface area contributed by atoms with Crippen molar-refractivity contribution in [3.05, 3.63) is 63.7 Å². The van der Waals surface area contributed by atoms with Crippen molar-refractivity contribution in [2.75, 3.05) is 20.4 Å². The molecule has 0 aromatic heterocycles. The molecule has 0 bridgehead atoms. The summed E-state index contributed by atoms with van der Waals surface area (Å²) in [5.41, 5.74) is 1.82. The highest BCUT2D eigenvalue weighted by molar-refractivity contribution is 14.0. The van der Waals surface area contributed by atoms with Crippen LogP contribution in [0, 0.1) is 10.1 Å². The molecule has 0 saturated carbocycles. The molecular formula is C18H21IN4O4. The summed E-state index contributed by atoms with van der Waals surface area (Å²) in [6.45, 7) is 1.25. The van der Waals surface area contributed by atoms with Gasteiger partial charge in [0.05, 0.1) is 4.92 Å². The number of nitro groups is 1. The van der Waals surface area contributed by atoms with Gasteiger partial charge in [-0.1, -0.05) is 24.3 Å². The summed E-state index contributed by atoms with van der Waals surface area (Å²) in [5.74, 6) is 2.12. The van der Waals surface area contributed by atoms with Crippen molar-refractivity contribution in [3.8, 4) is 11.5 Å². The van der Waals surface area contributed by atoms with Gasteiger partial charge in [0.2, 0.25) is 6.79 Å². The molecule has 2 aromatic carbocycles. The fourth-order valence-electron chi connectivity index (χ4n) is 2.66. The highest BCUT2D eigenvalue weighted by Gasteiger charge is 2.14. The van der Waals surface area contributed by atoms with Gasteiger partial charge in [-0.3, -0.25) is 15.1 Å². The van der Waals surface area contributed by atoms with E-state index < -0.39 is 0 Å². The number of aliphatic imine (C=N–C) groups is 1. The molecule has 1 heterocycles. The largest absolute Gasteiger partial charge is 0.454 e. The van der Waals surface area contributed by atoms with Gasteiger partial charge in [0.15, 0.2) is 17.5 Å². The number of halogens is 1. The van der Waals surface area contributed by atoms with Crippen LogP contribution in [0.3, 0.4) is 0 Å². The van der Waals surface area contributed by atoms with Crippen molar-refractivity contribution in [2.24, 2.45) is 4.99 Å². The second-order valence-corrected chi connectivity index (χ2v) is 5.68. The molecule has 27 heavy (non-hydrogen) atoms. The van der Waals surface area contributed by atoms with Crippen molar-refractivity contribution in [2.45, 2.75) is 13.0 Å². The third kappa shape index (κ3) is 5.46. The van der Waals surface area contributed by atoms with Gasteiger partial charge in [-0.15, -0.1) is 24.0 Å². The summed E-state index contributed by atoms with van der Waals surface area (Å²) in [5, 5.41) is 17.4. The van der Waals surface area contributed by atoms with Crippen LogP contribution in [0.1, 0.15) is 11.1 Å². The number of fused-ring (bicyclic) bond motifs is 1. The minimum Gasteiger partial charge on any atom is -0.454 e. The van der Waals surface area contributed by atoms with Crippen molar-refractivity contribution >= 4 is 35.6 Å². The Kier molecular flexibility index (Phi) is 7.65. The zero-order chi connectivity index (χ0) is 18.4. The smallest absolute Gasteiger partial charge is 0.274 e. The first-order valence-electron chi connectivity index (χ1n) is 8.22. The molecule has 0 amide bonds. The van der Waals surface area contributed by atoms with E-state index in [0.717, 1.165) is 23.5 Å². The summed E-state index contributed by atoms with van der Waals surface area (Å²) < 4.78 is 10.7. The van der Waals surface area contributed by atoms with Crippen LogP contribution >= 0.6 is 24.0 Å². The first-order valence-corrected chi connectivity index (χ1v) is 8.22. The standard InChI is InChI=1S/C18H20N4O4.HI/c1-19-18(21-11-14-4-2-3-5-15(14)22(23)24)20-9-8-13-6-7-16-17(10-13)26-12-25-16;/h2-7,10H,8-9,11-12H2,1H3,(H2,19,20,21);1H. The molecule has 0 fully saturated rings. The van der Waals surface area contributed by atoms with E-state index in [1.54, 1.807) is 25.2 Å². The Balaban J connectivity index is 0.00000261. The first-order chi connectivity index (χ1) is 12.7. The van der Waals surface area contributed by atoms with Gasteiger partial charge >= 0.3 is 0 Å². The quantitative estimate of drug-likeness (QED) is 0.215. The van der Waals surface area contributed by atoms with E-state index in [0.29, 0.717) is 24.6 Å². The number of nitrogens with zero attached hydrogens (tertiary/aromatic N) is 2. The molecule has 144 valence electrons. The first kappa shape index (κ1) is 20.7. The average molecular weight is 484 g/mol. The van der Waals surface area contributed by atoms with Crippen molar-refractivity contribution in [1.29, 1.82) is 0 Å². The molecule has 8 nitrogen and oxygen atoms in total. The Morgan fingerprint density at radius 2 is 1.96 bits per heavy atom. The second kappa shape index (κ2) is 9.95. The van der Waals surface area contributed by atoms with E-state index in [1.165, 1.54) is 6.07 Å². The molecule has 0 atom stereocenters. The van der Waals surface area contributed by atoms with E-state index >= 15 is 0 Å². The minimum absolute atomic E-state index is 0. The number of hydrogen-bond acceptors (Lipinski definition) is 5. The topological polar surface area (TPSA) is 98.0 Å². The molecule has 9 heteroatoms. The number of nitrogens with one attached hydrogen (secondary N) is 2. The van der Waals surface area contributed by atoms with Crippen molar-refractivity contribution in [3.63, 3.8) is 0 Å². The molecule has 2 aromatic rings. The minimum atomic E-state index is -0.382. The maximum atomic E-state index is 11.1. The highest BCUT2D eigenvalue weighted by Crippen LogP contribution is 2.32.